The topological polar surface area (TPSA) is 71.3 Å². The fourth-order valence-corrected chi connectivity index (χ4v) is 17.5. The molecule has 0 unspecified atom stereocenters. The van der Waals surface area contributed by atoms with Gasteiger partial charge in [0.2, 0.25) is 5.95 Å². The highest BCUT2D eigenvalue weighted by Gasteiger charge is 2.25. The molecule has 8 nitrogen and oxygen atoms in total. The Kier molecular flexibility index (Phi) is 15.7. The molecule has 0 spiro atoms. The molecule has 0 N–H and O–H groups in total. The average Bonchev–Trinajstić information content (AvgIpc) is 1.55. The van der Waals surface area contributed by atoms with E-state index in [1.54, 1.807) is 0 Å². The van der Waals surface area contributed by atoms with Crippen molar-refractivity contribution < 1.29 is 0 Å². The third kappa shape index (κ3) is 11.1. The lowest BCUT2D eigenvalue weighted by atomic mass is 9.94. The molecule has 23 aromatic rings. The molecule has 8 heteroatoms. The number of hydrogen-bond acceptors (Lipinski definition) is 4. The second-order valence-corrected chi connectivity index (χ2v) is 29.2. The summed E-state index contributed by atoms with van der Waals surface area (Å²) in [5.74, 6) is 1.33. The monoisotopic (exact) mass is 1450 g/mol. The van der Waals surface area contributed by atoms with E-state index < -0.39 is 0 Å². The van der Waals surface area contributed by atoms with Gasteiger partial charge in [-0.1, -0.05) is 297 Å². The van der Waals surface area contributed by atoms with Gasteiger partial charge in [-0.15, -0.1) is 0 Å². The van der Waals surface area contributed by atoms with E-state index >= 15 is 0 Å². The first-order valence-electron chi connectivity index (χ1n) is 38.8. The van der Waals surface area contributed by atoms with E-state index in [4.69, 9.17) is 19.9 Å². The van der Waals surface area contributed by atoms with Crippen molar-refractivity contribution in [3.63, 3.8) is 0 Å². The number of fused-ring (bicyclic) bond motifs is 15. The molecule has 23 rings (SSSR count). The van der Waals surface area contributed by atoms with Crippen LogP contribution in [0, 0.1) is 0 Å². The zero-order chi connectivity index (χ0) is 75.2. The van der Waals surface area contributed by atoms with Crippen LogP contribution in [0.2, 0.25) is 0 Å². The summed E-state index contributed by atoms with van der Waals surface area (Å²) < 4.78 is 9.46. The first-order chi connectivity index (χ1) is 56.5. The molecular weight excluding hydrogens is 1390 g/mol. The Morgan fingerprint density at radius 3 is 1.10 bits per heavy atom. The van der Waals surface area contributed by atoms with Gasteiger partial charge < -0.3 is 13.7 Å². The van der Waals surface area contributed by atoms with Crippen molar-refractivity contribution in [3.05, 3.63) is 413 Å². The molecule has 532 valence electrons. The van der Waals surface area contributed by atoms with Crippen molar-refractivity contribution in [3.8, 4) is 102 Å². The van der Waals surface area contributed by atoms with Crippen molar-refractivity contribution in [2.45, 2.75) is 0 Å². The minimum Gasteiger partial charge on any atom is -0.309 e. The van der Waals surface area contributed by atoms with E-state index in [1.165, 1.54) is 98.2 Å². The highest BCUT2D eigenvalue weighted by molar-refractivity contribution is 6.25. The van der Waals surface area contributed by atoms with E-state index in [0.29, 0.717) is 11.8 Å². The van der Waals surface area contributed by atoms with E-state index in [1.807, 2.05) is 24.3 Å². The lowest BCUT2D eigenvalue weighted by Crippen LogP contribution is -2.04. The number of rotatable bonds is 11. The van der Waals surface area contributed by atoms with E-state index in [9.17, 15) is 0 Å². The molecule has 0 aliphatic rings. The summed E-state index contributed by atoms with van der Waals surface area (Å²) in [4.78, 5) is 21.0. The van der Waals surface area contributed by atoms with Crippen LogP contribution in [0.15, 0.2) is 413 Å². The predicted molar refractivity (Wildman–Crippen MR) is 474 cm³/mol. The van der Waals surface area contributed by atoms with Crippen molar-refractivity contribution >= 4 is 109 Å². The number of nitrogens with zero attached hydrogens (tertiary/aromatic N) is 8. The van der Waals surface area contributed by atoms with Crippen LogP contribution >= 0.6 is 0 Å². The highest BCUT2D eigenvalue weighted by atomic mass is 15.2. The molecule has 0 fully saturated rings. The number of para-hydroxylation sites is 5. The van der Waals surface area contributed by atoms with Gasteiger partial charge in [-0.25, -0.2) is 19.9 Å². The molecule has 6 aromatic heterocycles. The van der Waals surface area contributed by atoms with Crippen LogP contribution in [0.25, 0.3) is 210 Å². The van der Waals surface area contributed by atoms with Crippen molar-refractivity contribution in [2.75, 3.05) is 0 Å². The Balaban J connectivity index is 0.000000140. The maximum atomic E-state index is 5.34. The maximum Gasteiger partial charge on any atom is 0.235 e. The maximum absolute atomic E-state index is 5.34. The number of hydrogen-bond donors (Lipinski definition) is 0. The van der Waals surface area contributed by atoms with Gasteiger partial charge in [0.15, 0.2) is 5.82 Å². The molecule has 0 aliphatic carbocycles. The normalized spacial score (nSPS) is 11.7. The van der Waals surface area contributed by atoms with Crippen molar-refractivity contribution in [1.82, 2.24) is 38.2 Å². The van der Waals surface area contributed by atoms with Gasteiger partial charge in [0, 0.05) is 93.4 Å². The van der Waals surface area contributed by atoms with Gasteiger partial charge in [0.25, 0.3) is 0 Å². The molecule has 0 saturated heterocycles. The van der Waals surface area contributed by atoms with Crippen LogP contribution in [0.4, 0.5) is 0 Å². The first-order valence-corrected chi connectivity index (χ1v) is 38.8. The second-order valence-electron chi connectivity index (χ2n) is 29.2. The standard InChI is InChI=1S/C56H36N4.C50H32N4/c1-4-16-37(17-5-1)49-36-50(38-18-6-2-7-19-38)58-56(57-49)42-22-14-25-44(32-42)60-53-29-15-27-45(55(53)48-33-39-20-10-11-21-40(39)35-54(48)60)41-30-31-52-47(34-41)46-26-12-13-28-51(46)59(52)43-23-8-3-9-24-43;1-4-16-33(17-5-1)43-32-44(34-18-6-2-7-19-34)52-50(51-43)54-46-27-15-13-25-40(46)48-41(30-35-20-10-11-23-38(35)49(48)54)36-28-29-47-42(31-36)39-24-12-14-26-45(39)53(47)37-21-8-3-9-22-37/h1-36H;1-32H. The molecular formula is C106H68N8. The summed E-state index contributed by atoms with van der Waals surface area (Å²) in [5.41, 5.74) is 26.0. The summed E-state index contributed by atoms with van der Waals surface area (Å²) in [6, 6.07) is 147. The summed E-state index contributed by atoms with van der Waals surface area (Å²) >= 11 is 0. The zero-order valence-electron chi connectivity index (χ0n) is 61.8. The third-order valence-corrected chi connectivity index (χ3v) is 22.6. The van der Waals surface area contributed by atoms with Gasteiger partial charge in [-0.2, -0.15) is 0 Å². The van der Waals surface area contributed by atoms with Crippen LogP contribution in [-0.2, 0) is 0 Å². The summed E-state index contributed by atoms with van der Waals surface area (Å²) in [6.45, 7) is 0. The molecule has 0 bridgehead atoms. The van der Waals surface area contributed by atoms with E-state index in [-0.39, 0.29) is 0 Å². The summed E-state index contributed by atoms with van der Waals surface area (Å²) in [6.07, 6.45) is 0. The molecule has 6 heterocycles. The van der Waals surface area contributed by atoms with Gasteiger partial charge in [0.05, 0.1) is 66.9 Å². The Morgan fingerprint density at radius 1 is 0.175 bits per heavy atom. The van der Waals surface area contributed by atoms with Crippen molar-refractivity contribution in [2.24, 2.45) is 0 Å². The van der Waals surface area contributed by atoms with Crippen LogP contribution in [0.5, 0.6) is 0 Å². The Hall–Kier alpha value is -15.4. The molecule has 114 heavy (non-hydrogen) atoms. The smallest absolute Gasteiger partial charge is 0.235 e. The van der Waals surface area contributed by atoms with E-state index in [2.05, 4.69) is 407 Å². The van der Waals surface area contributed by atoms with Crippen LogP contribution < -0.4 is 0 Å². The fraction of sp³-hybridized carbons (Fsp3) is 0. The molecule has 0 amide bonds. The highest BCUT2D eigenvalue weighted by Crippen LogP contribution is 2.47. The van der Waals surface area contributed by atoms with Crippen LogP contribution in [-0.4, -0.2) is 38.2 Å². The minimum absolute atomic E-state index is 0.644. The van der Waals surface area contributed by atoms with Gasteiger partial charge in [0.1, 0.15) is 0 Å². The summed E-state index contributed by atoms with van der Waals surface area (Å²) in [7, 11) is 0. The van der Waals surface area contributed by atoms with Crippen LogP contribution in [0.1, 0.15) is 0 Å². The molecule has 17 aromatic carbocycles. The van der Waals surface area contributed by atoms with Gasteiger partial charge in [-0.05, 0) is 154 Å². The third-order valence-electron chi connectivity index (χ3n) is 22.6. The molecule has 0 aliphatic heterocycles. The van der Waals surface area contributed by atoms with Crippen LogP contribution in [0.3, 0.4) is 0 Å². The molecule has 0 radical (unpaired) electrons. The van der Waals surface area contributed by atoms with Gasteiger partial charge >= 0.3 is 0 Å². The number of benzene rings is 17. The number of aromatic nitrogens is 8. The lowest BCUT2D eigenvalue weighted by molar-refractivity contribution is 0.998. The average molecular weight is 1450 g/mol. The lowest BCUT2D eigenvalue weighted by Gasteiger charge is -2.14. The van der Waals surface area contributed by atoms with Crippen molar-refractivity contribution in [1.29, 1.82) is 0 Å². The largest absolute Gasteiger partial charge is 0.309 e. The predicted octanol–water partition coefficient (Wildman–Crippen LogP) is 27.3. The second kappa shape index (κ2) is 27.3. The zero-order valence-corrected chi connectivity index (χ0v) is 61.8. The fourth-order valence-electron chi connectivity index (χ4n) is 17.5. The minimum atomic E-state index is 0.644. The Bertz CT molecular complexity index is 7580. The van der Waals surface area contributed by atoms with E-state index in [0.717, 1.165) is 100 Å². The molecule has 0 saturated carbocycles. The quantitative estimate of drug-likeness (QED) is 0.129. The van der Waals surface area contributed by atoms with Gasteiger partial charge in [-0.3, -0.25) is 4.57 Å². The Morgan fingerprint density at radius 2 is 0.561 bits per heavy atom. The SMILES string of the molecule is c1ccc(-c2cc(-c3ccccc3)nc(-c3cccc(-n4c5cc6ccccc6cc5c5c(-c6ccc7c(c6)c6ccccc6n7-c6ccccc6)cccc54)c3)n2)cc1.c1ccc(-c2cc(-c3ccccc3)nc(-n3c4ccccc4c4c(-c5ccc6c(c5)c5ccccc5n6-c5ccccc5)cc5ccccc5c43)n2)cc1. The summed E-state index contributed by atoms with van der Waals surface area (Å²) in [5, 5.41) is 14.5. The first kappa shape index (κ1) is 65.7. The molecule has 0 atom stereocenters. The Labute approximate surface area is 656 Å².